The number of ether oxygens (including phenoxy) is 1. The highest BCUT2D eigenvalue weighted by Crippen LogP contribution is 2.18. The van der Waals surface area contributed by atoms with Gasteiger partial charge in [-0.3, -0.25) is 14.6 Å². The zero-order chi connectivity index (χ0) is 18.9. The third-order valence-electron chi connectivity index (χ3n) is 3.69. The molecule has 138 valence electrons. The molecule has 0 spiro atoms. The van der Waals surface area contributed by atoms with Crippen molar-refractivity contribution in [3.63, 3.8) is 0 Å². The maximum Gasteiger partial charge on any atom is 0.243 e. The molecule has 0 radical (unpaired) electrons. The lowest BCUT2D eigenvalue weighted by molar-refractivity contribution is -0.125. The van der Waals surface area contributed by atoms with Crippen molar-refractivity contribution in [1.29, 1.82) is 0 Å². The van der Waals surface area contributed by atoms with Crippen molar-refractivity contribution in [2.45, 2.75) is 26.5 Å². The molecular weight excluding hydrogens is 332 g/mol. The molecule has 2 rings (SSSR count). The van der Waals surface area contributed by atoms with Gasteiger partial charge in [0, 0.05) is 29.7 Å². The van der Waals surface area contributed by atoms with Crippen LogP contribution in [0.25, 0.3) is 0 Å². The summed E-state index contributed by atoms with van der Waals surface area (Å²) >= 11 is 0. The molecule has 0 aliphatic carbocycles. The minimum absolute atomic E-state index is 0.00621. The number of hydrogen-bond donors (Lipinski definition) is 3. The lowest BCUT2D eigenvalue weighted by atomic mass is 10.1. The van der Waals surface area contributed by atoms with Crippen LogP contribution >= 0.6 is 0 Å². The van der Waals surface area contributed by atoms with E-state index in [4.69, 9.17) is 10.5 Å². The van der Waals surface area contributed by atoms with E-state index in [1.54, 1.807) is 36.7 Å². The molecule has 0 saturated heterocycles. The molecule has 1 heterocycles. The van der Waals surface area contributed by atoms with Crippen LogP contribution in [0.1, 0.15) is 19.4 Å². The summed E-state index contributed by atoms with van der Waals surface area (Å²) in [6, 6.07) is 10.2. The molecule has 2 aromatic rings. The van der Waals surface area contributed by atoms with Crippen molar-refractivity contribution in [3.8, 4) is 5.75 Å². The van der Waals surface area contributed by atoms with Gasteiger partial charge < -0.3 is 21.1 Å². The molecule has 2 amide bonds. The van der Waals surface area contributed by atoms with E-state index in [-0.39, 0.29) is 24.3 Å². The summed E-state index contributed by atoms with van der Waals surface area (Å²) in [5.41, 5.74) is 7.27. The molecule has 0 bridgehead atoms. The van der Waals surface area contributed by atoms with Crippen molar-refractivity contribution in [2.75, 3.05) is 11.9 Å². The number of pyridine rings is 1. The lowest BCUT2D eigenvalue weighted by Gasteiger charge is -2.15. The number of hydrogen-bond acceptors (Lipinski definition) is 5. The van der Waals surface area contributed by atoms with Crippen molar-refractivity contribution in [2.24, 2.45) is 11.7 Å². The first-order valence-corrected chi connectivity index (χ1v) is 8.40. The van der Waals surface area contributed by atoms with E-state index >= 15 is 0 Å². The smallest absolute Gasteiger partial charge is 0.243 e. The average molecular weight is 356 g/mol. The summed E-state index contributed by atoms with van der Waals surface area (Å²) in [5, 5.41) is 5.25. The van der Waals surface area contributed by atoms with Crippen LogP contribution < -0.4 is 21.1 Å². The molecule has 7 nitrogen and oxygen atoms in total. The average Bonchev–Trinajstić information content (AvgIpc) is 2.65. The molecular formula is C19H24N4O3. The Morgan fingerprint density at radius 1 is 1.23 bits per heavy atom. The Labute approximate surface area is 153 Å². The first kappa shape index (κ1) is 19.4. The summed E-state index contributed by atoms with van der Waals surface area (Å²) in [7, 11) is 0. The van der Waals surface area contributed by atoms with Gasteiger partial charge >= 0.3 is 0 Å². The molecule has 26 heavy (non-hydrogen) atoms. The van der Waals surface area contributed by atoms with Crippen LogP contribution in [0.5, 0.6) is 5.75 Å². The van der Waals surface area contributed by atoms with E-state index in [0.717, 1.165) is 5.56 Å². The van der Waals surface area contributed by atoms with Crippen LogP contribution in [0.4, 0.5) is 5.69 Å². The number of nitrogens with zero attached hydrogens (tertiary/aromatic N) is 1. The molecule has 7 heteroatoms. The molecule has 0 aliphatic heterocycles. The van der Waals surface area contributed by atoms with E-state index in [1.807, 2.05) is 26.0 Å². The fraction of sp³-hybridized carbons (Fsp3) is 0.316. The Kier molecular flexibility index (Phi) is 7.11. The van der Waals surface area contributed by atoms with Crippen molar-refractivity contribution < 1.29 is 14.3 Å². The maximum absolute atomic E-state index is 12.0. The molecule has 1 atom stereocenters. The maximum atomic E-state index is 12.0. The van der Waals surface area contributed by atoms with Gasteiger partial charge in [0.25, 0.3) is 0 Å². The van der Waals surface area contributed by atoms with Gasteiger partial charge in [0.15, 0.2) is 0 Å². The fourth-order valence-corrected chi connectivity index (χ4v) is 2.11. The van der Waals surface area contributed by atoms with Gasteiger partial charge in [-0.15, -0.1) is 0 Å². The Morgan fingerprint density at radius 2 is 2.04 bits per heavy atom. The zero-order valence-electron chi connectivity index (χ0n) is 14.9. The highest BCUT2D eigenvalue weighted by atomic mass is 16.5. The van der Waals surface area contributed by atoms with Gasteiger partial charge in [0.2, 0.25) is 11.8 Å². The van der Waals surface area contributed by atoms with Gasteiger partial charge in [0.1, 0.15) is 12.4 Å². The minimum Gasteiger partial charge on any atom is -0.489 e. The molecule has 1 aromatic carbocycles. The Morgan fingerprint density at radius 3 is 2.73 bits per heavy atom. The number of carbonyl (C=O) groups excluding carboxylic acids is 2. The highest BCUT2D eigenvalue weighted by Gasteiger charge is 2.17. The monoisotopic (exact) mass is 356 g/mol. The van der Waals surface area contributed by atoms with Gasteiger partial charge in [-0.2, -0.15) is 0 Å². The van der Waals surface area contributed by atoms with Gasteiger partial charge in [-0.1, -0.05) is 26.0 Å². The van der Waals surface area contributed by atoms with Crippen LogP contribution in [0.3, 0.4) is 0 Å². The van der Waals surface area contributed by atoms with Crippen LogP contribution in [-0.4, -0.2) is 29.4 Å². The number of rotatable bonds is 8. The molecule has 0 fully saturated rings. The summed E-state index contributed by atoms with van der Waals surface area (Å²) < 4.78 is 5.69. The second kappa shape index (κ2) is 9.53. The number of aromatic nitrogens is 1. The topological polar surface area (TPSA) is 106 Å². The number of nitrogens with one attached hydrogen (secondary N) is 2. The summed E-state index contributed by atoms with van der Waals surface area (Å²) in [6.07, 6.45) is 3.43. The molecule has 4 N–H and O–H groups in total. The van der Waals surface area contributed by atoms with Crippen molar-refractivity contribution in [3.05, 3.63) is 54.4 Å². The van der Waals surface area contributed by atoms with Gasteiger partial charge in [-0.25, -0.2) is 0 Å². The number of benzene rings is 1. The predicted octanol–water partition coefficient (Wildman–Crippen LogP) is 1.70. The van der Waals surface area contributed by atoms with E-state index in [0.29, 0.717) is 18.0 Å². The second-order valence-electron chi connectivity index (χ2n) is 6.21. The Bertz CT molecular complexity index is 735. The summed E-state index contributed by atoms with van der Waals surface area (Å²) in [4.78, 5) is 27.8. The van der Waals surface area contributed by atoms with Gasteiger partial charge in [0.05, 0.1) is 12.6 Å². The summed E-state index contributed by atoms with van der Waals surface area (Å²) in [6.45, 7) is 3.94. The quantitative estimate of drug-likeness (QED) is 0.667. The number of nitrogens with two attached hydrogens (primary N) is 1. The minimum atomic E-state index is -0.632. The fourth-order valence-electron chi connectivity index (χ4n) is 2.11. The zero-order valence-corrected chi connectivity index (χ0v) is 14.9. The van der Waals surface area contributed by atoms with E-state index in [1.165, 1.54) is 0 Å². The van der Waals surface area contributed by atoms with Crippen LogP contribution in [0.2, 0.25) is 0 Å². The first-order valence-electron chi connectivity index (χ1n) is 8.40. The molecule has 0 unspecified atom stereocenters. The number of amides is 2. The van der Waals surface area contributed by atoms with Crippen LogP contribution in [0.15, 0.2) is 48.8 Å². The third-order valence-corrected chi connectivity index (χ3v) is 3.69. The van der Waals surface area contributed by atoms with E-state index in [2.05, 4.69) is 15.6 Å². The normalized spacial score (nSPS) is 11.7. The van der Waals surface area contributed by atoms with E-state index < -0.39 is 6.04 Å². The lowest BCUT2D eigenvalue weighted by Crippen LogP contribution is -2.46. The Hall–Kier alpha value is -2.93. The van der Waals surface area contributed by atoms with Crippen molar-refractivity contribution >= 4 is 17.5 Å². The molecule has 1 aromatic heterocycles. The SMILES string of the molecule is CC(C)[C@H](N)C(=O)NCC(=O)Nc1cccc(OCc2cccnc2)c1. The van der Waals surface area contributed by atoms with Crippen molar-refractivity contribution in [1.82, 2.24) is 10.3 Å². The first-order chi connectivity index (χ1) is 12.5. The Balaban J connectivity index is 1.83. The van der Waals surface area contributed by atoms with E-state index in [9.17, 15) is 9.59 Å². The predicted molar refractivity (Wildman–Crippen MR) is 99.5 cm³/mol. The largest absolute Gasteiger partial charge is 0.489 e. The van der Waals surface area contributed by atoms with Gasteiger partial charge in [-0.05, 0) is 24.1 Å². The number of carbonyl (C=O) groups is 2. The third kappa shape index (κ3) is 6.18. The molecule has 0 aliphatic rings. The highest BCUT2D eigenvalue weighted by molar-refractivity contribution is 5.95. The molecule has 0 saturated carbocycles. The second-order valence-corrected chi connectivity index (χ2v) is 6.21. The van der Waals surface area contributed by atoms with Crippen LogP contribution in [-0.2, 0) is 16.2 Å². The van der Waals surface area contributed by atoms with Crippen LogP contribution in [0, 0.1) is 5.92 Å². The number of anilines is 1. The standard InChI is InChI=1S/C19H24N4O3/c1-13(2)18(20)19(25)22-11-17(24)23-15-6-3-7-16(9-15)26-12-14-5-4-8-21-10-14/h3-10,13,18H,11-12,20H2,1-2H3,(H,22,25)(H,23,24)/t18-/m0/s1. The summed E-state index contributed by atoms with van der Waals surface area (Å²) in [5.74, 6) is -0.0494.